The molecule has 0 spiro atoms. The summed E-state index contributed by atoms with van der Waals surface area (Å²) in [6.07, 6.45) is 0.354. The first kappa shape index (κ1) is 25.2. The molecular weight excluding hydrogens is 464 g/mol. The Hall–Kier alpha value is -4.91. The Bertz CT molecular complexity index is 1360. The summed E-state index contributed by atoms with van der Waals surface area (Å²) in [6, 6.07) is 31.6. The van der Waals surface area contributed by atoms with Gasteiger partial charge in [-0.3, -0.25) is 14.4 Å². The van der Waals surface area contributed by atoms with E-state index in [9.17, 15) is 14.4 Å². The Labute approximate surface area is 215 Å². The second kappa shape index (κ2) is 12.2. The fourth-order valence-corrected chi connectivity index (χ4v) is 3.78. The number of carbonyl (C=O) groups excluding carboxylic acids is 3. The number of nitrogens with two attached hydrogens (primary N) is 1. The molecule has 3 amide bonds. The van der Waals surface area contributed by atoms with Crippen LogP contribution in [0.1, 0.15) is 31.8 Å². The fourth-order valence-electron chi connectivity index (χ4n) is 3.78. The van der Waals surface area contributed by atoms with Crippen molar-refractivity contribution >= 4 is 29.1 Å². The molecule has 186 valence electrons. The molecular formula is C30H28N4O3. The highest BCUT2D eigenvalue weighted by atomic mass is 16.2. The third kappa shape index (κ3) is 7.05. The van der Waals surface area contributed by atoms with Gasteiger partial charge in [-0.1, -0.05) is 72.8 Å². The van der Waals surface area contributed by atoms with Crippen molar-refractivity contribution in [1.82, 2.24) is 10.6 Å². The molecule has 4 aromatic rings. The number of nitrogen functional groups attached to an aromatic ring is 1. The van der Waals surface area contributed by atoms with Crippen LogP contribution < -0.4 is 21.7 Å². The second-order valence-corrected chi connectivity index (χ2v) is 8.54. The van der Waals surface area contributed by atoms with Crippen molar-refractivity contribution in [2.45, 2.75) is 19.0 Å². The van der Waals surface area contributed by atoms with Crippen molar-refractivity contribution in [3.05, 3.63) is 131 Å². The first-order valence-corrected chi connectivity index (χ1v) is 11.9. The van der Waals surface area contributed by atoms with Gasteiger partial charge < -0.3 is 21.7 Å². The minimum Gasteiger partial charge on any atom is -0.397 e. The summed E-state index contributed by atoms with van der Waals surface area (Å²) in [5.74, 6) is -0.888. The lowest BCUT2D eigenvalue weighted by atomic mass is 10.0. The molecule has 4 rings (SSSR count). The van der Waals surface area contributed by atoms with E-state index in [1.54, 1.807) is 72.8 Å². The number of hydrogen-bond donors (Lipinski definition) is 4. The molecule has 1 atom stereocenters. The van der Waals surface area contributed by atoms with Gasteiger partial charge in [0, 0.05) is 24.1 Å². The van der Waals surface area contributed by atoms with Crippen LogP contribution in [0, 0.1) is 0 Å². The van der Waals surface area contributed by atoms with E-state index in [0.717, 1.165) is 11.1 Å². The highest BCUT2D eigenvalue weighted by Gasteiger charge is 2.22. The summed E-state index contributed by atoms with van der Waals surface area (Å²) in [4.78, 5) is 38.4. The molecule has 0 aromatic heterocycles. The minimum absolute atomic E-state index is 0.249. The van der Waals surface area contributed by atoms with Crippen LogP contribution >= 0.6 is 0 Å². The first-order valence-electron chi connectivity index (χ1n) is 11.9. The Morgan fingerprint density at radius 2 is 1.24 bits per heavy atom. The first-order chi connectivity index (χ1) is 18.0. The second-order valence-electron chi connectivity index (χ2n) is 8.54. The van der Waals surface area contributed by atoms with Crippen molar-refractivity contribution in [2.75, 3.05) is 11.1 Å². The average molecular weight is 493 g/mol. The predicted octanol–water partition coefficient (Wildman–Crippen LogP) is 4.18. The average Bonchev–Trinajstić information content (AvgIpc) is 2.94. The largest absolute Gasteiger partial charge is 0.397 e. The molecule has 1 unspecified atom stereocenters. The smallest absolute Gasteiger partial charge is 0.255 e. The van der Waals surface area contributed by atoms with E-state index >= 15 is 0 Å². The molecule has 0 aliphatic carbocycles. The predicted molar refractivity (Wildman–Crippen MR) is 145 cm³/mol. The lowest BCUT2D eigenvalue weighted by molar-refractivity contribution is -0.123. The molecule has 0 aliphatic heterocycles. The summed E-state index contributed by atoms with van der Waals surface area (Å²) < 4.78 is 0. The molecule has 5 N–H and O–H groups in total. The molecule has 0 heterocycles. The quantitative estimate of drug-likeness (QED) is 0.263. The molecule has 0 aliphatic rings. The monoisotopic (exact) mass is 492 g/mol. The van der Waals surface area contributed by atoms with Crippen molar-refractivity contribution < 1.29 is 14.4 Å². The Morgan fingerprint density at radius 1 is 0.649 bits per heavy atom. The summed E-state index contributed by atoms with van der Waals surface area (Å²) in [5.41, 5.74) is 9.63. The third-order valence-electron chi connectivity index (χ3n) is 5.83. The SMILES string of the molecule is Nc1ccccc1NC(=O)c1ccc(CNC(=O)C(Cc2ccccc2)NC(=O)c2ccccc2)cc1. The van der Waals surface area contributed by atoms with Gasteiger partial charge >= 0.3 is 0 Å². The topological polar surface area (TPSA) is 113 Å². The van der Waals surface area contributed by atoms with Gasteiger partial charge in [-0.2, -0.15) is 0 Å². The number of amides is 3. The fraction of sp³-hybridized carbons (Fsp3) is 0.100. The van der Waals surface area contributed by atoms with E-state index in [4.69, 9.17) is 5.73 Å². The summed E-state index contributed by atoms with van der Waals surface area (Å²) in [6.45, 7) is 0.249. The maximum absolute atomic E-state index is 13.1. The number of nitrogens with one attached hydrogen (secondary N) is 3. The van der Waals surface area contributed by atoms with E-state index in [2.05, 4.69) is 16.0 Å². The van der Waals surface area contributed by atoms with E-state index in [1.165, 1.54) is 0 Å². The lowest BCUT2D eigenvalue weighted by Crippen LogP contribution is -2.47. The molecule has 7 nitrogen and oxygen atoms in total. The molecule has 0 saturated heterocycles. The zero-order valence-electron chi connectivity index (χ0n) is 20.2. The van der Waals surface area contributed by atoms with Crippen molar-refractivity contribution in [3.63, 3.8) is 0 Å². The van der Waals surface area contributed by atoms with Crippen molar-refractivity contribution in [3.8, 4) is 0 Å². The zero-order chi connectivity index (χ0) is 26.0. The van der Waals surface area contributed by atoms with Crippen LogP contribution in [0.2, 0.25) is 0 Å². The number of benzene rings is 4. The molecule has 37 heavy (non-hydrogen) atoms. The summed E-state index contributed by atoms with van der Waals surface area (Å²) in [5, 5.41) is 8.55. The molecule has 0 fully saturated rings. The normalized spacial score (nSPS) is 11.2. The van der Waals surface area contributed by atoms with Gasteiger partial charge in [0.05, 0.1) is 11.4 Å². The van der Waals surface area contributed by atoms with E-state index in [1.807, 2.05) is 36.4 Å². The number of hydrogen-bond acceptors (Lipinski definition) is 4. The van der Waals surface area contributed by atoms with E-state index in [-0.39, 0.29) is 24.3 Å². The lowest BCUT2D eigenvalue weighted by Gasteiger charge is -2.19. The van der Waals surface area contributed by atoms with Gasteiger partial charge in [-0.15, -0.1) is 0 Å². The number of rotatable bonds is 9. The number of carbonyl (C=O) groups is 3. The highest BCUT2D eigenvalue weighted by molar-refractivity contribution is 6.05. The van der Waals surface area contributed by atoms with Crippen LogP contribution in [-0.2, 0) is 17.8 Å². The summed E-state index contributed by atoms with van der Waals surface area (Å²) in [7, 11) is 0. The van der Waals surface area contributed by atoms with Crippen molar-refractivity contribution in [1.29, 1.82) is 0 Å². The van der Waals surface area contributed by atoms with Crippen LogP contribution in [0.25, 0.3) is 0 Å². The molecule has 0 bridgehead atoms. The molecule has 7 heteroatoms. The van der Waals surface area contributed by atoms with Gasteiger partial charge in [-0.05, 0) is 47.5 Å². The van der Waals surface area contributed by atoms with Crippen LogP contribution in [-0.4, -0.2) is 23.8 Å². The maximum Gasteiger partial charge on any atom is 0.255 e. The van der Waals surface area contributed by atoms with Gasteiger partial charge in [0.25, 0.3) is 11.8 Å². The van der Waals surface area contributed by atoms with E-state index in [0.29, 0.717) is 28.9 Å². The van der Waals surface area contributed by atoms with Crippen LogP contribution in [0.15, 0.2) is 109 Å². The molecule has 0 saturated carbocycles. The van der Waals surface area contributed by atoms with Gasteiger partial charge in [0.2, 0.25) is 5.91 Å². The highest BCUT2D eigenvalue weighted by Crippen LogP contribution is 2.18. The summed E-state index contributed by atoms with van der Waals surface area (Å²) >= 11 is 0. The standard InChI is InChI=1S/C30H28N4O3/c31-25-13-7-8-14-26(25)33-29(36)24-17-15-22(16-18-24)20-32-30(37)27(19-21-9-3-1-4-10-21)34-28(35)23-11-5-2-6-12-23/h1-18,27H,19-20,31H2,(H,32,37)(H,33,36)(H,34,35). The van der Waals surface area contributed by atoms with Crippen LogP contribution in [0.3, 0.4) is 0 Å². The maximum atomic E-state index is 13.1. The van der Waals surface area contributed by atoms with Gasteiger partial charge in [0.15, 0.2) is 0 Å². The molecule has 0 radical (unpaired) electrons. The third-order valence-corrected chi connectivity index (χ3v) is 5.83. The van der Waals surface area contributed by atoms with Crippen molar-refractivity contribution in [2.24, 2.45) is 0 Å². The Kier molecular flexibility index (Phi) is 8.29. The Balaban J connectivity index is 1.38. The zero-order valence-corrected chi connectivity index (χ0v) is 20.2. The number of anilines is 2. The van der Waals surface area contributed by atoms with E-state index < -0.39 is 6.04 Å². The van der Waals surface area contributed by atoms with Gasteiger partial charge in [-0.25, -0.2) is 0 Å². The number of para-hydroxylation sites is 2. The Morgan fingerprint density at radius 3 is 1.92 bits per heavy atom. The minimum atomic E-state index is -0.753. The van der Waals surface area contributed by atoms with Gasteiger partial charge in [0.1, 0.15) is 6.04 Å². The molecule has 4 aromatic carbocycles. The van der Waals surface area contributed by atoms with Crippen LogP contribution in [0.5, 0.6) is 0 Å². The van der Waals surface area contributed by atoms with Crippen LogP contribution in [0.4, 0.5) is 11.4 Å².